The van der Waals surface area contributed by atoms with Crippen molar-refractivity contribution in [1.82, 2.24) is 4.31 Å². The van der Waals surface area contributed by atoms with E-state index in [-0.39, 0.29) is 42.9 Å². The minimum Gasteiger partial charge on any atom is -0.497 e. The molecule has 1 aliphatic heterocycles. The van der Waals surface area contributed by atoms with Gasteiger partial charge in [0.2, 0.25) is 22.1 Å². The summed E-state index contributed by atoms with van der Waals surface area (Å²) in [4.78, 5) is 11.6. The van der Waals surface area contributed by atoms with E-state index in [2.05, 4.69) is 0 Å². The molecule has 2 N–H and O–H groups in total. The Balaban J connectivity index is 1.67. The second kappa shape index (κ2) is 11.7. The van der Waals surface area contributed by atoms with Gasteiger partial charge in [-0.05, 0) is 48.0 Å². The normalized spacial score (nSPS) is 18.3. The number of allylic oxidation sites excluding steroid dienone is 1. The third-order valence-corrected chi connectivity index (χ3v) is 7.42. The molecule has 0 saturated heterocycles. The summed E-state index contributed by atoms with van der Waals surface area (Å²) in [7, 11) is -2.41. The van der Waals surface area contributed by atoms with Crippen LogP contribution in [0.1, 0.15) is 17.9 Å². The van der Waals surface area contributed by atoms with Gasteiger partial charge in [0.1, 0.15) is 5.75 Å². The molecule has 34 heavy (non-hydrogen) atoms. The SMILES string of the molecule is COc1ccc(S(=O)(=O)N(CCO)CCO[C@H]2C[C@@H](c3ccc(Cl)cc3)C=C(C(=O)O)O2)cc1. The lowest BCUT2D eigenvalue weighted by atomic mass is 9.93. The lowest BCUT2D eigenvalue weighted by molar-refractivity contribution is -0.157. The number of aliphatic hydroxyl groups excluding tert-OH is 1. The number of carboxylic acids is 1. The maximum Gasteiger partial charge on any atom is 0.370 e. The molecule has 1 heterocycles. The minimum atomic E-state index is -3.89. The van der Waals surface area contributed by atoms with Gasteiger partial charge in [0.05, 0.1) is 25.2 Å². The van der Waals surface area contributed by atoms with Crippen molar-refractivity contribution in [2.75, 3.05) is 33.4 Å². The van der Waals surface area contributed by atoms with Crippen molar-refractivity contribution in [3.05, 3.63) is 71.0 Å². The highest BCUT2D eigenvalue weighted by Crippen LogP contribution is 2.32. The highest BCUT2D eigenvalue weighted by Gasteiger charge is 2.30. The molecule has 2 aromatic rings. The van der Waals surface area contributed by atoms with Gasteiger partial charge in [-0.2, -0.15) is 4.31 Å². The number of ether oxygens (including phenoxy) is 3. The zero-order valence-corrected chi connectivity index (χ0v) is 20.0. The maximum absolute atomic E-state index is 13.0. The molecule has 2 atom stereocenters. The van der Waals surface area contributed by atoms with Crippen LogP contribution in [0.15, 0.2) is 65.3 Å². The Hall–Kier alpha value is -2.63. The van der Waals surface area contributed by atoms with Gasteiger partial charge in [-0.3, -0.25) is 0 Å². The number of aliphatic hydroxyl groups is 1. The maximum atomic E-state index is 13.0. The monoisotopic (exact) mass is 511 g/mol. The van der Waals surface area contributed by atoms with Crippen LogP contribution < -0.4 is 4.74 Å². The summed E-state index contributed by atoms with van der Waals surface area (Å²) in [5.74, 6) is -1.23. The van der Waals surface area contributed by atoms with Gasteiger partial charge in [0, 0.05) is 30.5 Å². The molecular formula is C23H26ClNO8S. The number of carbonyl (C=O) groups is 1. The number of hydrogen-bond donors (Lipinski definition) is 2. The van der Waals surface area contributed by atoms with Crippen LogP contribution in [0.3, 0.4) is 0 Å². The zero-order chi connectivity index (χ0) is 24.7. The number of hydrogen-bond acceptors (Lipinski definition) is 7. The number of sulfonamides is 1. The predicted molar refractivity (Wildman–Crippen MR) is 124 cm³/mol. The lowest BCUT2D eigenvalue weighted by Gasteiger charge is -2.29. The molecule has 2 aromatic carbocycles. The van der Waals surface area contributed by atoms with E-state index in [0.29, 0.717) is 17.2 Å². The molecule has 3 rings (SSSR count). The molecule has 0 radical (unpaired) electrons. The van der Waals surface area contributed by atoms with Crippen molar-refractivity contribution >= 4 is 27.6 Å². The Bertz CT molecular complexity index is 1100. The van der Waals surface area contributed by atoms with Crippen molar-refractivity contribution in [2.45, 2.75) is 23.5 Å². The zero-order valence-electron chi connectivity index (χ0n) is 18.5. The van der Waals surface area contributed by atoms with E-state index < -0.39 is 22.3 Å². The first-order valence-corrected chi connectivity index (χ1v) is 12.3. The fraction of sp³-hybridized carbons (Fsp3) is 0.348. The van der Waals surface area contributed by atoms with Gasteiger partial charge in [-0.25, -0.2) is 13.2 Å². The number of nitrogens with zero attached hydrogens (tertiary/aromatic N) is 1. The Morgan fingerprint density at radius 2 is 1.82 bits per heavy atom. The van der Waals surface area contributed by atoms with Crippen LogP contribution in [0.2, 0.25) is 5.02 Å². The summed E-state index contributed by atoms with van der Waals surface area (Å²) in [5, 5.41) is 19.4. The Kier molecular flexibility index (Phi) is 8.92. The van der Waals surface area contributed by atoms with E-state index in [9.17, 15) is 23.4 Å². The summed E-state index contributed by atoms with van der Waals surface area (Å²) < 4.78 is 43.3. The highest BCUT2D eigenvalue weighted by atomic mass is 35.5. The van der Waals surface area contributed by atoms with Crippen LogP contribution in [0.5, 0.6) is 5.75 Å². The first-order chi connectivity index (χ1) is 16.2. The highest BCUT2D eigenvalue weighted by molar-refractivity contribution is 7.89. The second-order valence-corrected chi connectivity index (χ2v) is 9.83. The van der Waals surface area contributed by atoms with Crippen LogP contribution in [-0.4, -0.2) is 68.6 Å². The van der Waals surface area contributed by atoms with Gasteiger partial charge in [0.25, 0.3) is 0 Å². The molecule has 0 aliphatic carbocycles. The fourth-order valence-electron chi connectivity index (χ4n) is 3.50. The molecular weight excluding hydrogens is 486 g/mol. The summed E-state index contributed by atoms with van der Waals surface area (Å²) >= 11 is 5.94. The van der Waals surface area contributed by atoms with E-state index >= 15 is 0 Å². The molecule has 0 fully saturated rings. The summed E-state index contributed by atoms with van der Waals surface area (Å²) in [6.45, 7) is -0.635. The van der Waals surface area contributed by atoms with Crippen LogP contribution in [0.4, 0.5) is 0 Å². The molecule has 0 spiro atoms. The molecule has 0 bridgehead atoms. The Morgan fingerprint density at radius 3 is 2.41 bits per heavy atom. The third kappa shape index (κ3) is 6.49. The Morgan fingerprint density at radius 1 is 1.15 bits per heavy atom. The third-order valence-electron chi connectivity index (χ3n) is 5.26. The van der Waals surface area contributed by atoms with Gasteiger partial charge in [-0.1, -0.05) is 23.7 Å². The minimum absolute atomic E-state index is 0.0505. The van der Waals surface area contributed by atoms with Crippen molar-refractivity contribution < 1.29 is 37.6 Å². The fourth-order valence-corrected chi connectivity index (χ4v) is 5.04. The first-order valence-electron chi connectivity index (χ1n) is 10.5. The number of methoxy groups -OCH3 is 1. The molecule has 184 valence electrons. The molecule has 0 amide bonds. The second-order valence-electron chi connectivity index (χ2n) is 7.45. The lowest BCUT2D eigenvalue weighted by Crippen LogP contribution is -2.37. The smallest absolute Gasteiger partial charge is 0.370 e. The van der Waals surface area contributed by atoms with Crippen LogP contribution >= 0.6 is 11.6 Å². The summed E-state index contributed by atoms with van der Waals surface area (Å²) in [6, 6.07) is 12.9. The molecule has 9 nitrogen and oxygen atoms in total. The first kappa shape index (κ1) is 26.0. The number of benzene rings is 2. The average molecular weight is 512 g/mol. The molecule has 0 aromatic heterocycles. The van der Waals surface area contributed by atoms with Crippen molar-refractivity contribution in [3.63, 3.8) is 0 Å². The molecule has 0 unspecified atom stereocenters. The van der Waals surface area contributed by atoms with Crippen LogP contribution in [0, 0.1) is 0 Å². The van der Waals surface area contributed by atoms with E-state index in [0.717, 1.165) is 9.87 Å². The van der Waals surface area contributed by atoms with E-state index in [4.69, 9.17) is 25.8 Å². The summed E-state index contributed by atoms with van der Waals surface area (Å²) in [6.07, 6.45) is 0.956. The largest absolute Gasteiger partial charge is 0.497 e. The number of rotatable bonds is 11. The molecule has 11 heteroatoms. The van der Waals surface area contributed by atoms with E-state index in [1.807, 2.05) is 0 Å². The van der Waals surface area contributed by atoms with Gasteiger partial charge in [0.15, 0.2) is 0 Å². The van der Waals surface area contributed by atoms with E-state index in [1.165, 1.54) is 37.5 Å². The molecule has 0 saturated carbocycles. The predicted octanol–water partition coefficient (Wildman–Crippen LogP) is 2.85. The van der Waals surface area contributed by atoms with Gasteiger partial charge in [-0.15, -0.1) is 0 Å². The number of carboxylic acid groups (broad SMARTS) is 1. The van der Waals surface area contributed by atoms with Crippen LogP contribution in [-0.2, 0) is 24.3 Å². The quantitative estimate of drug-likeness (QED) is 0.472. The number of halogens is 1. The molecule has 1 aliphatic rings. The van der Waals surface area contributed by atoms with Crippen molar-refractivity contribution in [2.24, 2.45) is 0 Å². The van der Waals surface area contributed by atoms with Crippen molar-refractivity contribution in [3.8, 4) is 5.75 Å². The number of aliphatic carboxylic acids is 1. The van der Waals surface area contributed by atoms with E-state index in [1.54, 1.807) is 24.3 Å². The summed E-state index contributed by atoms with van der Waals surface area (Å²) in [5.41, 5.74) is 0.851. The van der Waals surface area contributed by atoms with Crippen LogP contribution in [0.25, 0.3) is 0 Å². The standard InChI is InChI=1S/C23H26ClNO8S/c1-31-19-6-8-20(9-7-19)34(29,30)25(10-12-26)11-13-32-22-15-17(14-21(33-22)23(27)28)16-2-4-18(24)5-3-16/h2-9,14,17,22,26H,10-13,15H2,1H3,(H,27,28)/t17-,22+/m0/s1. The van der Waals surface area contributed by atoms with Crippen molar-refractivity contribution in [1.29, 1.82) is 0 Å². The van der Waals surface area contributed by atoms with Gasteiger partial charge < -0.3 is 24.4 Å². The Labute approximate surface area is 203 Å². The topological polar surface area (TPSA) is 123 Å². The van der Waals surface area contributed by atoms with Gasteiger partial charge >= 0.3 is 5.97 Å². The average Bonchev–Trinajstić information content (AvgIpc) is 2.83.